The number of hydroxylamine groups is 2. The maximum absolute atomic E-state index is 14.8. The molecule has 2 fully saturated rings. The second-order valence-electron chi connectivity index (χ2n) is 9.28. The third kappa shape index (κ3) is 5.46. The molecule has 2 aliphatic rings. The topological polar surface area (TPSA) is 99.6 Å². The highest BCUT2D eigenvalue weighted by Crippen LogP contribution is 2.35. The molecule has 1 unspecified atom stereocenters. The SMILES string of the molecule is O=C(CCC(=O)N(O)CC1CN(c2cccc(F)c2N2CCOCC2)C(=O)O1)c1ccc2ccccc2c1. The predicted octanol–water partition coefficient (Wildman–Crippen LogP) is 4.02. The molecule has 3 aromatic rings. The van der Waals surface area contributed by atoms with Crippen LogP contribution in [0.15, 0.2) is 60.7 Å². The summed E-state index contributed by atoms with van der Waals surface area (Å²) in [7, 11) is 0. The molecule has 0 bridgehead atoms. The van der Waals surface area contributed by atoms with Crippen molar-refractivity contribution in [2.24, 2.45) is 0 Å². The van der Waals surface area contributed by atoms with Gasteiger partial charge in [-0.05, 0) is 29.0 Å². The summed E-state index contributed by atoms with van der Waals surface area (Å²) in [6.45, 7) is 1.62. The van der Waals surface area contributed by atoms with Crippen LogP contribution in [0, 0.1) is 5.82 Å². The van der Waals surface area contributed by atoms with Crippen molar-refractivity contribution >= 4 is 39.9 Å². The van der Waals surface area contributed by atoms with Crippen molar-refractivity contribution in [3.05, 3.63) is 72.0 Å². The first-order valence-electron chi connectivity index (χ1n) is 12.5. The standard InChI is InChI=1S/C28H28FN3O6/c29-23-6-3-7-24(27(23)30-12-14-37-15-13-30)31-17-22(38-28(31)35)18-32(36)26(34)11-10-25(33)21-9-8-19-4-1-2-5-20(19)16-21/h1-9,16,22,36H,10-15,17-18H2. The molecular formula is C28H28FN3O6. The van der Waals surface area contributed by atoms with E-state index in [0.717, 1.165) is 10.8 Å². The number of anilines is 2. The lowest BCUT2D eigenvalue weighted by molar-refractivity contribution is -0.169. The number of benzene rings is 3. The van der Waals surface area contributed by atoms with E-state index in [1.54, 1.807) is 18.2 Å². The van der Waals surface area contributed by atoms with Crippen LogP contribution < -0.4 is 9.80 Å². The van der Waals surface area contributed by atoms with E-state index in [9.17, 15) is 24.0 Å². The summed E-state index contributed by atoms with van der Waals surface area (Å²) in [6, 6.07) is 17.5. The Morgan fingerprint density at radius 3 is 2.55 bits per heavy atom. The third-order valence-electron chi connectivity index (χ3n) is 6.76. The summed E-state index contributed by atoms with van der Waals surface area (Å²) in [5, 5.41) is 12.7. The fraction of sp³-hybridized carbons (Fsp3) is 0.321. The molecule has 0 aromatic heterocycles. The van der Waals surface area contributed by atoms with Crippen LogP contribution in [-0.2, 0) is 14.3 Å². The van der Waals surface area contributed by atoms with Crippen molar-refractivity contribution in [1.82, 2.24) is 5.06 Å². The zero-order valence-electron chi connectivity index (χ0n) is 20.7. The Bertz CT molecular complexity index is 1360. The zero-order chi connectivity index (χ0) is 26.6. The number of cyclic esters (lactones) is 1. The monoisotopic (exact) mass is 521 g/mol. The van der Waals surface area contributed by atoms with Crippen LogP contribution in [0.4, 0.5) is 20.6 Å². The smallest absolute Gasteiger partial charge is 0.414 e. The van der Waals surface area contributed by atoms with Crippen LogP contribution in [0.1, 0.15) is 23.2 Å². The second kappa shape index (κ2) is 11.2. The number of Topliss-reactive ketones (excluding diaryl/α,β-unsaturated/α-hetero) is 1. The zero-order valence-corrected chi connectivity index (χ0v) is 20.7. The van der Waals surface area contributed by atoms with E-state index < -0.39 is 23.9 Å². The molecule has 2 heterocycles. The van der Waals surface area contributed by atoms with Crippen molar-refractivity contribution in [3.8, 4) is 0 Å². The minimum Gasteiger partial charge on any atom is -0.442 e. The Balaban J connectivity index is 1.18. The number of morpholine rings is 1. The number of hydrogen-bond donors (Lipinski definition) is 1. The molecule has 0 saturated carbocycles. The molecule has 2 amide bonds. The van der Waals surface area contributed by atoms with E-state index in [4.69, 9.17) is 9.47 Å². The molecule has 5 rings (SSSR count). The van der Waals surface area contributed by atoms with Crippen molar-refractivity contribution in [1.29, 1.82) is 0 Å². The average molecular weight is 522 g/mol. The summed E-state index contributed by atoms with van der Waals surface area (Å²) < 4.78 is 25.5. The first-order chi connectivity index (χ1) is 18.4. The number of carbonyl (C=O) groups is 3. The van der Waals surface area contributed by atoms with Gasteiger partial charge in [-0.3, -0.25) is 19.7 Å². The van der Waals surface area contributed by atoms with Gasteiger partial charge < -0.3 is 14.4 Å². The Labute approximate surface area is 218 Å². The van der Waals surface area contributed by atoms with Crippen LogP contribution >= 0.6 is 0 Å². The average Bonchev–Trinajstić information content (AvgIpc) is 3.30. The second-order valence-corrected chi connectivity index (χ2v) is 9.28. The Hall–Kier alpha value is -4.02. The number of fused-ring (bicyclic) bond motifs is 1. The lowest BCUT2D eigenvalue weighted by Crippen LogP contribution is -2.39. The molecule has 0 spiro atoms. The molecule has 3 aromatic carbocycles. The van der Waals surface area contributed by atoms with Gasteiger partial charge in [0.25, 0.3) is 0 Å². The summed E-state index contributed by atoms with van der Waals surface area (Å²) >= 11 is 0. The van der Waals surface area contributed by atoms with Gasteiger partial charge in [-0.1, -0.05) is 42.5 Å². The van der Waals surface area contributed by atoms with Crippen molar-refractivity contribution in [3.63, 3.8) is 0 Å². The number of hydrogen-bond acceptors (Lipinski definition) is 7. The molecule has 2 aliphatic heterocycles. The molecule has 1 atom stereocenters. The van der Waals surface area contributed by atoms with Crippen molar-refractivity contribution in [2.45, 2.75) is 18.9 Å². The molecular weight excluding hydrogens is 493 g/mol. The Kier molecular flexibility index (Phi) is 7.52. The van der Waals surface area contributed by atoms with Gasteiger partial charge in [0.15, 0.2) is 5.78 Å². The number of amides is 2. The Morgan fingerprint density at radius 1 is 1.00 bits per heavy atom. The predicted molar refractivity (Wildman–Crippen MR) is 138 cm³/mol. The molecule has 0 radical (unpaired) electrons. The fourth-order valence-corrected chi connectivity index (χ4v) is 4.79. The maximum Gasteiger partial charge on any atom is 0.414 e. The number of halogens is 1. The van der Waals surface area contributed by atoms with Gasteiger partial charge in [-0.25, -0.2) is 14.2 Å². The van der Waals surface area contributed by atoms with E-state index in [1.165, 1.54) is 17.0 Å². The highest BCUT2D eigenvalue weighted by atomic mass is 19.1. The quantitative estimate of drug-likeness (QED) is 0.272. The van der Waals surface area contributed by atoms with Gasteiger partial charge in [0.05, 0.1) is 37.7 Å². The van der Waals surface area contributed by atoms with Gasteiger partial charge in [-0.2, -0.15) is 0 Å². The minimum atomic E-state index is -0.826. The molecule has 2 saturated heterocycles. The summed E-state index contributed by atoms with van der Waals surface area (Å²) in [5.41, 5.74) is 1.14. The van der Waals surface area contributed by atoms with Crippen molar-refractivity contribution < 1.29 is 33.5 Å². The molecule has 38 heavy (non-hydrogen) atoms. The Morgan fingerprint density at radius 2 is 1.76 bits per heavy atom. The number of ether oxygens (including phenoxy) is 2. The van der Waals surface area contributed by atoms with Gasteiger partial charge >= 0.3 is 6.09 Å². The van der Waals surface area contributed by atoms with E-state index in [2.05, 4.69) is 0 Å². The van der Waals surface area contributed by atoms with E-state index in [0.29, 0.717) is 42.6 Å². The van der Waals surface area contributed by atoms with Crippen molar-refractivity contribution in [2.75, 3.05) is 49.2 Å². The number of para-hydroxylation sites is 1. The summed E-state index contributed by atoms with van der Waals surface area (Å²) in [5.74, 6) is -1.33. The molecule has 1 N–H and O–H groups in total. The largest absolute Gasteiger partial charge is 0.442 e. The normalized spacial score (nSPS) is 17.5. The van der Waals surface area contributed by atoms with E-state index >= 15 is 0 Å². The number of rotatable bonds is 8. The number of carbonyl (C=O) groups excluding carboxylic acids is 3. The minimum absolute atomic E-state index is 0.0278. The summed E-state index contributed by atoms with van der Waals surface area (Å²) in [4.78, 5) is 40.9. The first kappa shape index (κ1) is 25.6. The molecule has 198 valence electrons. The first-order valence-corrected chi connectivity index (χ1v) is 12.5. The lowest BCUT2D eigenvalue weighted by Gasteiger charge is -2.32. The molecule has 0 aliphatic carbocycles. The van der Waals surface area contributed by atoms with Crippen LogP contribution in [0.25, 0.3) is 10.8 Å². The van der Waals surface area contributed by atoms with Crippen LogP contribution in [-0.4, -0.2) is 73.6 Å². The highest BCUT2D eigenvalue weighted by molar-refractivity contribution is 6.01. The molecule has 10 heteroatoms. The third-order valence-corrected chi connectivity index (χ3v) is 6.76. The van der Waals surface area contributed by atoms with Gasteiger partial charge in [0, 0.05) is 31.5 Å². The van der Waals surface area contributed by atoms with E-state index in [1.807, 2.05) is 35.2 Å². The van der Waals surface area contributed by atoms with Crippen LogP contribution in [0.5, 0.6) is 0 Å². The maximum atomic E-state index is 14.8. The summed E-state index contributed by atoms with van der Waals surface area (Å²) in [6.07, 6.45) is -1.79. The highest BCUT2D eigenvalue weighted by Gasteiger charge is 2.37. The van der Waals surface area contributed by atoms with Gasteiger partial charge in [-0.15, -0.1) is 0 Å². The molecule has 9 nitrogen and oxygen atoms in total. The lowest BCUT2D eigenvalue weighted by atomic mass is 10.0. The number of nitrogens with zero attached hydrogens (tertiary/aromatic N) is 3. The number of ketones is 1. The fourth-order valence-electron chi connectivity index (χ4n) is 4.79. The van der Waals surface area contributed by atoms with Gasteiger partial charge in [0.2, 0.25) is 5.91 Å². The van der Waals surface area contributed by atoms with Gasteiger partial charge in [0.1, 0.15) is 11.9 Å². The van der Waals surface area contributed by atoms with Crippen LogP contribution in [0.2, 0.25) is 0 Å². The van der Waals surface area contributed by atoms with E-state index in [-0.39, 0.29) is 37.4 Å². The van der Waals surface area contributed by atoms with Crippen LogP contribution in [0.3, 0.4) is 0 Å².